The first-order valence-electron chi connectivity index (χ1n) is 7.29. The minimum Gasteiger partial charge on any atom is -0.491 e. The third kappa shape index (κ3) is 5.41. The molecule has 0 aromatic heterocycles. The average Bonchev–Trinajstić information content (AvgIpc) is 2.47. The van der Waals surface area contributed by atoms with Gasteiger partial charge in [-0.05, 0) is 49.2 Å². The van der Waals surface area contributed by atoms with Crippen LogP contribution >= 0.6 is 11.6 Å². The highest BCUT2D eigenvalue weighted by molar-refractivity contribution is 6.30. The number of carbonyl (C=O) groups excluding carboxylic acids is 1. The second kappa shape index (κ2) is 7.85. The summed E-state index contributed by atoms with van der Waals surface area (Å²) in [5.74, 6) is 0.803. The van der Waals surface area contributed by atoms with E-state index in [0.717, 1.165) is 16.9 Å². The van der Waals surface area contributed by atoms with E-state index in [0.29, 0.717) is 18.0 Å². The van der Waals surface area contributed by atoms with Crippen LogP contribution in [0.15, 0.2) is 48.5 Å². The van der Waals surface area contributed by atoms with Crippen molar-refractivity contribution < 1.29 is 9.53 Å². The van der Waals surface area contributed by atoms with Gasteiger partial charge in [0.1, 0.15) is 5.75 Å². The van der Waals surface area contributed by atoms with Crippen LogP contribution in [-0.4, -0.2) is 12.0 Å². The smallest absolute Gasteiger partial charge is 0.224 e. The molecule has 1 N–H and O–H groups in total. The highest BCUT2D eigenvalue weighted by Crippen LogP contribution is 2.15. The quantitative estimate of drug-likeness (QED) is 0.875. The van der Waals surface area contributed by atoms with Crippen molar-refractivity contribution in [2.45, 2.75) is 32.9 Å². The molecule has 0 saturated carbocycles. The van der Waals surface area contributed by atoms with Gasteiger partial charge < -0.3 is 10.1 Å². The Bertz CT molecular complexity index is 623. The predicted molar refractivity (Wildman–Crippen MR) is 89.2 cm³/mol. The summed E-state index contributed by atoms with van der Waals surface area (Å²) in [5.41, 5.74) is 1.96. The number of halogens is 1. The fourth-order valence-corrected chi connectivity index (χ4v) is 2.18. The Morgan fingerprint density at radius 1 is 1.14 bits per heavy atom. The van der Waals surface area contributed by atoms with E-state index in [-0.39, 0.29) is 12.0 Å². The van der Waals surface area contributed by atoms with Gasteiger partial charge in [-0.3, -0.25) is 4.79 Å². The monoisotopic (exact) mass is 317 g/mol. The summed E-state index contributed by atoms with van der Waals surface area (Å²) in [5, 5.41) is 3.59. The maximum atomic E-state index is 12.0. The van der Waals surface area contributed by atoms with E-state index in [4.69, 9.17) is 16.3 Å². The molecule has 1 amide bonds. The van der Waals surface area contributed by atoms with Crippen molar-refractivity contribution in [3.63, 3.8) is 0 Å². The molecular weight excluding hydrogens is 298 g/mol. The Morgan fingerprint density at radius 2 is 1.86 bits per heavy atom. The van der Waals surface area contributed by atoms with Crippen LogP contribution in [0.1, 0.15) is 25.0 Å². The van der Waals surface area contributed by atoms with E-state index in [1.54, 1.807) is 12.1 Å². The molecule has 0 heterocycles. The number of nitrogens with one attached hydrogen (secondary N) is 1. The van der Waals surface area contributed by atoms with Gasteiger partial charge in [-0.2, -0.15) is 0 Å². The Labute approximate surface area is 136 Å². The molecule has 2 rings (SSSR count). The molecule has 3 nitrogen and oxygen atoms in total. The van der Waals surface area contributed by atoms with Gasteiger partial charge in [-0.25, -0.2) is 0 Å². The zero-order valence-corrected chi connectivity index (χ0v) is 13.6. The summed E-state index contributed by atoms with van der Waals surface area (Å²) in [4.78, 5) is 12.0. The van der Waals surface area contributed by atoms with Gasteiger partial charge in [0.2, 0.25) is 5.91 Å². The minimum atomic E-state index is -0.0162. The summed E-state index contributed by atoms with van der Waals surface area (Å²) >= 11 is 5.83. The Kier molecular flexibility index (Phi) is 5.84. The second-order valence-electron chi connectivity index (χ2n) is 5.39. The van der Waals surface area contributed by atoms with Crippen LogP contribution < -0.4 is 10.1 Å². The summed E-state index contributed by atoms with van der Waals surface area (Å²) in [6.07, 6.45) is 0.481. The number of hydrogen-bond donors (Lipinski definition) is 1. The lowest BCUT2D eigenvalue weighted by Gasteiger charge is -2.11. The molecule has 0 bridgehead atoms. The van der Waals surface area contributed by atoms with Crippen LogP contribution in [0.25, 0.3) is 0 Å². The fourth-order valence-electron chi connectivity index (χ4n) is 2.05. The molecule has 116 valence electrons. The third-order valence-corrected chi connectivity index (χ3v) is 3.29. The van der Waals surface area contributed by atoms with Gasteiger partial charge in [0.25, 0.3) is 0 Å². The first-order chi connectivity index (χ1) is 10.5. The largest absolute Gasteiger partial charge is 0.491 e. The maximum absolute atomic E-state index is 12.0. The number of rotatable bonds is 6. The minimum absolute atomic E-state index is 0.0162. The molecule has 0 saturated heterocycles. The number of carbonyl (C=O) groups is 1. The Balaban J connectivity index is 1.86. The molecule has 2 aromatic rings. The highest BCUT2D eigenvalue weighted by Gasteiger charge is 2.04. The molecule has 2 aromatic carbocycles. The lowest BCUT2D eigenvalue weighted by Crippen LogP contribution is -2.24. The third-order valence-electron chi connectivity index (χ3n) is 3.04. The van der Waals surface area contributed by atoms with E-state index in [2.05, 4.69) is 5.32 Å². The van der Waals surface area contributed by atoms with Crippen LogP contribution in [-0.2, 0) is 17.8 Å². The highest BCUT2D eigenvalue weighted by atomic mass is 35.5. The number of ether oxygens (including phenoxy) is 1. The van der Waals surface area contributed by atoms with Gasteiger partial charge in [0.05, 0.1) is 12.5 Å². The Hall–Kier alpha value is -2.00. The first-order valence-corrected chi connectivity index (χ1v) is 7.67. The van der Waals surface area contributed by atoms with E-state index in [9.17, 15) is 4.79 Å². The zero-order valence-electron chi connectivity index (χ0n) is 12.8. The number of amides is 1. The SMILES string of the molecule is CC(C)Oc1cccc(CNC(=O)Cc2ccc(Cl)cc2)c1. The zero-order chi connectivity index (χ0) is 15.9. The van der Waals surface area contributed by atoms with Crippen LogP contribution in [0.2, 0.25) is 5.02 Å². The Morgan fingerprint density at radius 3 is 2.55 bits per heavy atom. The summed E-state index contributed by atoms with van der Waals surface area (Å²) < 4.78 is 5.64. The first kappa shape index (κ1) is 16.4. The molecule has 0 aliphatic carbocycles. The summed E-state index contributed by atoms with van der Waals surface area (Å²) in [6.45, 7) is 4.46. The molecule has 0 unspecified atom stereocenters. The van der Waals surface area contributed by atoms with Gasteiger partial charge in [0.15, 0.2) is 0 Å². The normalized spacial score (nSPS) is 10.5. The lowest BCUT2D eigenvalue weighted by molar-refractivity contribution is -0.120. The summed E-state index contributed by atoms with van der Waals surface area (Å²) in [6, 6.07) is 15.1. The topological polar surface area (TPSA) is 38.3 Å². The van der Waals surface area contributed by atoms with Crippen molar-refractivity contribution in [1.29, 1.82) is 0 Å². The van der Waals surface area contributed by atoms with E-state index in [1.807, 2.05) is 50.2 Å². The van der Waals surface area contributed by atoms with Crippen molar-refractivity contribution in [3.8, 4) is 5.75 Å². The maximum Gasteiger partial charge on any atom is 0.224 e. The van der Waals surface area contributed by atoms with Gasteiger partial charge >= 0.3 is 0 Å². The van der Waals surface area contributed by atoms with Gasteiger partial charge in [-0.15, -0.1) is 0 Å². The summed E-state index contributed by atoms with van der Waals surface area (Å²) in [7, 11) is 0. The van der Waals surface area contributed by atoms with Crippen molar-refractivity contribution in [1.82, 2.24) is 5.32 Å². The molecule has 0 aliphatic rings. The molecule has 4 heteroatoms. The van der Waals surface area contributed by atoms with E-state index in [1.165, 1.54) is 0 Å². The van der Waals surface area contributed by atoms with Crippen molar-refractivity contribution >= 4 is 17.5 Å². The van der Waals surface area contributed by atoms with Gasteiger partial charge in [0, 0.05) is 11.6 Å². The standard InChI is InChI=1S/C18H20ClNO2/c1-13(2)22-17-5-3-4-15(10-17)12-20-18(21)11-14-6-8-16(19)9-7-14/h3-10,13H,11-12H2,1-2H3,(H,20,21). The molecule has 22 heavy (non-hydrogen) atoms. The molecule has 0 radical (unpaired) electrons. The molecule has 0 fully saturated rings. The second-order valence-corrected chi connectivity index (χ2v) is 5.83. The van der Waals surface area contributed by atoms with Gasteiger partial charge in [-0.1, -0.05) is 35.9 Å². The molecule has 0 spiro atoms. The van der Waals surface area contributed by atoms with Crippen LogP contribution in [0.4, 0.5) is 0 Å². The van der Waals surface area contributed by atoms with Crippen LogP contribution in [0, 0.1) is 0 Å². The predicted octanol–water partition coefficient (Wildman–Crippen LogP) is 3.99. The number of hydrogen-bond acceptors (Lipinski definition) is 2. The number of benzene rings is 2. The van der Waals surface area contributed by atoms with Crippen LogP contribution in [0.3, 0.4) is 0 Å². The van der Waals surface area contributed by atoms with E-state index >= 15 is 0 Å². The molecular formula is C18H20ClNO2. The molecule has 0 atom stereocenters. The van der Waals surface area contributed by atoms with Crippen molar-refractivity contribution in [3.05, 3.63) is 64.7 Å². The van der Waals surface area contributed by atoms with E-state index < -0.39 is 0 Å². The van der Waals surface area contributed by atoms with Crippen LogP contribution in [0.5, 0.6) is 5.75 Å². The lowest BCUT2D eigenvalue weighted by atomic mass is 10.1. The van der Waals surface area contributed by atoms with Crippen molar-refractivity contribution in [2.75, 3.05) is 0 Å². The fraction of sp³-hybridized carbons (Fsp3) is 0.278. The average molecular weight is 318 g/mol. The van der Waals surface area contributed by atoms with Crippen molar-refractivity contribution in [2.24, 2.45) is 0 Å². The molecule has 0 aliphatic heterocycles.